The van der Waals surface area contributed by atoms with Crippen LogP contribution in [0.5, 0.6) is 5.75 Å². The average Bonchev–Trinajstić information content (AvgIpc) is 3.26. The SMILES string of the molecule is O=C(CNC(=O)c1cccc(OC(F)F)c1)NNC(=O)c1csc(N2CCOCC2)n1. The Bertz CT molecular complexity index is 936. The molecule has 0 unspecified atom stereocenters. The molecule has 31 heavy (non-hydrogen) atoms. The number of amides is 3. The van der Waals surface area contributed by atoms with Gasteiger partial charge in [-0.05, 0) is 18.2 Å². The molecule has 1 fully saturated rings. The number of ether oxygens (including phenoxy) is 2. The van der Waals surface area contributed by atoms with Gasteiger partial charge in [0.05, 0.1) is 19.8 Å². The number of hydrogen-bond acceptors (Lipinski definition) is 8. The van der Waals surface area contributed by atoms with Gasteiger partial charge in [-0.2, -0.15) is 8.78 Å². The Labute approximate surface area is 179 Å². The van der Waals surface area contributed by atoms with Gasteiger partial charge in [-0.25, -0.2) is 4.98 Å². The Morgan fingerprint density at radius 1 is 1.19 bits per heavy atom. The highest BCUT2D eigenvalue weighted by molar-refractivity contribution is 7.13. The van der Waals surface area contributed by atoms with E-state index in [-0.39, 0.29) is 17.0 Å². The number of thiazole rings is 1. The van der Waals surface area contributed by atoms with Crippen LogP contribution in [0.15, 0.2) is 29.6 Å². The van der Waals surface area contributed by atoms with Gasteiger partial charge in [-0.1, -0.05) is 6.07 Å². The molecule has 2 heterocycles. The molecular formula is C18H19F2N5O5S. The van der Waals surface area contributed by atoms with Crippen molar-refractivity contribution in [2.24, 2.45) is 0 Å². The molecule has 3 N–H and O–H groups in total. The van der Waals surface area contributed by atoms with E-state index < -0.39 is 30.9 Å². The molecule has 1 aliphatic heterocycles. The zero-order valence-electron chi connectivity index (χ0n) is 16.1. The molecular weight excluding hydrogens is 436 g/mol. The molecule has 166 valence electrons. The average molecular weight is 455 g/mol. The standard InChI is InChI=1S/C18H19F2N5O5S/c19-17(20)30-12-3-1-2-11(8-12)15(27)21-9-14(26)23-24-16(28)13-10-31-18(22-13)25-4-6-29-7-5-25/h1-3,8,10,17H,4-7,9H2,(H,21,27)(H,23,26)(H,24,28). The van der Waals surface area contributed by atoms with Gasteiger partial charge in [-0.15, -0.1) is 11.3 Å². The van der Waals surface area contributed by atoms with Gasteiger partial charge in [0, 0.05) is 24.0 Å². The van der Waals surface area contributed by atoms with Crippen molar-refractivity contribution in [3.63, 3.8) is 0 Å². The summed E-state index contributed by atoms with van der Waals surface area (Å²) in [4.78, 5) is 42.3. The number of halogens is 2. The molecule has 0 spiro atoms. The molecule has 1 aliphatic rings. The summed E-state index contributed by atoms with van der Waals surface area (Å²) in [6.07, 6.45) is 0. The van der Waals surface area contributed by atoms with E-state index in [1.165, 1.54) is 29.5 Å². The molecule has 0 aliphatic carbocycles. The van der Waals surface area contributed by atoms with Crippen LogP contribution in [0.4, 0.5) is 13.9 Å². The second-order valence-electron chi connectivity index (χ2n) is 6.21. The predicted molar refractivity (Wildman–Crippen MR) is 106 cm³/mol. The van der Waals surface area contributed by atoms with Crippen molar-refractivity contribution in [2.75, 3.05) is 37.7 Å². The zero-order chi connectivity index (χ0) is 22.2. The smallest absolute Gasteiger partial charge is 0.387 e. The van der Waals surface area contributed by atoms with Gasteiger partial charge in [0.25, 0.3) is 17.7 Å². The summed E-state index contributed by atoms with van der Waals surface area (Å²) in [6.45, 7) is -0.923. The number of rotatable bonds is 7. The highest BCUT2D eigenvalue weighted by Crippen LogP contribution is 2.21. The Hall–Kier alpha value is -3.32. The number of alkyl halides is 2. The van der Waals surface area contributed by atoms with Crippen molar-refractivity contribution in [2.45, 2.75) is 6.61 Å². The summed E-state index contributed by atoms with van der Waals surface area (Å²) >= 11 is 1.31. The number of carbonyl (C=O) groups is 3. The van der Waals surface area contributed by atoms with Crippen molar-refractivity contribution in [3.8, 4) is 5.75 Å². The first-order valence-corrected chi connectivity index (χ1v) is 10.0. The van der Waals surface area contributed by atoms with Crippen LogP contribution in [-0.4, -0.2) is 62.2 Å². The second kappa shape index (κ2) is 10.6. The Morgan fingerprint density at radius 3 is 2.71 bits per heavy atom. The summed E-state index contributed by atoms with van der Waals surface area (Å²) in [5.74, 6) is -2.15. The quantitative estimate of drug-likeness (QED) is 0.527. The maximum absolute atomic E-state index is 12.3. The number of benzene rings is 1. The van der Waals surface area contributed by atoms with Crippen LogP contribution in [0, 0.1) is 0 Å². The minimum absolute atomic E-state index is 0.0353. The summed E-state index contributed by atoms with van der Waals surface area (Å²) in [5.41, 5.74) is 4.57. The summed E-state index contributed by atoms with van der Waals surface area (Å²) in [5, 5.41) is 4.57. The molecule has 0 atom stereocenters. The molecule has 1 aromatic carbocycles. The topological polar surface area (TPSA) is 122 Å². The third-order valence-corrected chi connectivity index (χ3v) is 4.95. The second-order valence-corrected chi connectivity index (χ2v) is 7.04. The first-order valence-electron chi connectivity index (χ1n) is 9.13. The van der Waals surface area contributed by atoms with Crippen LogP contribution in [-0.2, 0) is 9.53 Å². The molecule has 1 aromatic heterocycles. The largest absolute Gasteiger partial charge is 0.435 e. The summed E-state index contributed by atoms with van der Waals surface area (Å²) < 4.78 is 34.0. The Morgan fingerprint density at radius 2 is 1.97 bits per heavy atom. The molecule has 0 radical (unpaired) electrons. The summed E-state index contributed by atoms with van der Waals surface area (Å²) in [6, 6.07) is 5.14. The van der Waals surface area contributed by atoms with Gasteiger partial charge in [0.2, 0.25) is 0 Å². The third-order valence-electron chi connectivity index (χ3n) is 4.05. The number of aromatic nitrogens is 1. The summed E-state index contributed by atoms with van der Waals surface area (Å²) in [7, 11) is 0. The fraction of sp³-hybridized carbons (Fsp3) is 0.333. The monoisotopic (exact) mass is 455 g/mol. The van der Waals surface area contributed by atoms with E-state index in [1.54, 1.807) is 5.38 Å². The fourth-order valence-corrected chi connectivity index (χ4v) is 3.44. The number of nitrogens with zero attached hydrogens (tertiary/aromatic N) is 2. The van der Waals surface area contributed by atoms with Crippen molar-refractivity contribution in [1.82, 2.24) is 21.2 Å². The maximum atomic E-state index is 12.3. The normalized spacial score (nSPS) is 13.6. The van der Waals surface area contributed by atoms with Gasteiger partial charge in [0.1, 0.15) is 11.4 Å². The first kappa shape index (κ1) is 22.4. The van der Waals surface area contributed by atoms with Crippen LogP contribution < -0.4 is 25.8 Å². The van der Waals surface area contributed by atoms with Crippen LogP contribution in [0.3, 0.4) is 0 Å². The van der Waals surface area contributed by atoms with Crippen LogP contribution in [0.1, 0.15) is 20.8 Å². The molecule has 3 amide bonds. The minimum atomic E-state index is -3.02. The van der Waals surface area contributed by atoms with E-state index in [1.807, 2.05) is 4.90 Å². The zero-order valence-corrected chi connectivity index (χ0v) is 16.9. The van der Waals surface area contributed by atoms with Gasteiger partial charge < -0.3 is 19.7 Å². The van der Waals surface area contributed by atoms with Crippen molar-refractivity contribution in [1.29, 1.82) is 0 Å². The van der Waals surface area contributed by atoms with E-state index in [0.717, 1.165) is 6.07 Å². The Balaban J connectivity index is 1.43. The predicted octanol–water partition coefficient (Wildman–Crippen LogP) is 0.772. The molecule has 2 aromatic rings. The molecule has 0 saturated carbocycles. The van der Waals surface area contributed by atoms with E-state index in [4.69, 9.17) is 4.74 Å². The minimum Gasteiger partial charge on any atom is -0.435 e. The molecule has 3 rings (SSSR count). The number of nitrogens with one attached hydrogen (secondary N) is 3. The number of hydrogen-bond donors (Lipinski definition) is 3. The number of hydrazine groups is 1. The van der Waals surface area contributed by atoms with Gasteiger partial charge >= 0.3 is 6.61 Å². The maximum Gasteiger partial charge on any atom is 0.387 e. The lowest BCUT2D eigenvalue weighted by Crippen LogP contribution is -2.46. The molecule has 1 saturated heterocycles. The van der Waals surface area contributed by atoms with E-state index >= 15 is 0 Å². The Kier molecular flexibility index (Phi) is 7.67. The van der Waals surface area contributed by atoms with Gasteiger partial charge in [0.15, 0.2) is 5.13 Å². The van der Waals surface area contributed by atoms with Crippen LogP contribution >= 0.6 is 11.3 Å². The number of carbonyl (C=O) groups excluding carboxylic acids is 3. The lowest BCUT2D eigenvalue weighted by molar-refractivity contribution is -0.120. The fourth-order valence-electron chi connectivity index (χ4n) is 2.58. The highest BCUT2D eigenvalue weighted by atomic mass is 32.1. The van der Waals surface area contributed by atoms with Crippen molar-refractivity contribution in [3.05, 3.63) is 40.9 Å². The third kappa shape index (κ3) is 6.58. The van der Waals surface area contributed by atoms with Crippen LogP contribution in [0.25, 0.3) is 0 Å². The number of anilines is 1. The van der Waals surface area contributed by atoms with Crippen molar-refractivity contribution >= 4 is 34.2 Å². The van der Waals surface area contributed by atoms with E-state index in [9.17, 15) is 23.2 Å². The van der Waals surface area contributed by atoms with E-state index in [2.05, 4.69) is 25.9 Å². The molecule has 0 bridgehead atoms. The molecule has 13 heteroatoms. The lowest BCUT2D eigenvalue weighted by Gasteiger charge is -2.25. The first-order chi connectivity index (χ1) is 14.9. The van der Waals surface area contributed by atoms with E-state index in [0.29, 0.717) is 31.4 Å². The lowest BCUT2D eigenvalue weighted by atomic mass is 10.2. The molecule has 10 nitrogen and oxygen atoms in total. The number of morpholine rings is 1. The van der Waals surface area contributed by atoms with Gasteiger partial charge in [-0.3, -0.25) is 25.2 Å². The van der Waals surface area contributed by atoms with Crippen molar-refractivity contribution < 1.29 is 32.6 Å². The highest BCUT2D eigenvalue weighted by Gasteiger charge is 2.18. The van der Waals surface area contributed by atoms with Crippen LogP contribution in [0.2, 0.25) is 0 Å².